The highest BCUT2D eigenvalue weighted by atomic mass is 32.2. The second-order valence-electron chi connectivity index (χ2n) is 9.81. The molecule has 1 saturated heterocycles. The lowest BCUT2D eigenvalue weighted by atomic mass is 10.0. The van der Waals surface area contributed by atoms with E-state index in [2.05, 4.69) is 5.32 Å². The number of hydrogen-bond acceptors (Lipinski definition) is 7. The summed E-state index contributed by atoms with van der Waals surface area (Å²) in [7, 11) is -0.668. The molecule has 0 amide bonds. The Balaban J connectivity index is 0.000000270. The minimum atomic E-state index is -4.02. The lowest BCUT2D eigenvalue weighted by Crippen LogP contribution is -2.45. The number of likely N-dealkylation sites (N-methyl/N-ethyl adjacent to an activating group) is 1. The van der Waals surface area contributed by atoms with Gasteiger partial charge in [-0.1, -0.05) is 17.7 Å². The number of anilines is 1. The fraction of sp³-hybridized carbons (Fsp3) is 0.407. The minimum Gasteiger partial charge on any atom is -0.492 e. The number of pyridine rings is 1. The molecule has 39 heavy (non-hydrogen) atoms. The van der Waals surface area contributed by atoms with Gasteiger partial charge in [0.2, 0.25) is 5.43 Å². The molecule has 1 saturated carbocycles. The lowest BCUT2D eigenvalue weighted by molar-refractivity contribution is 0.0694. The summed E-state index contributed by atoms with van der Waals surface area (Å²) < 4.78 is 52.2. The summed E-state index contributed by atoms with van der Waals surface area (Å²) in [5, 5.41) is 12.7. The van der Waals surface area contributed by atoms with Crippen molar-refractivity contribution in [2.45, 2.75) is 49.6 Å². The number of nitrogens with zero attached hydrogens (tertiary/aromatic N) is 2. The third kappa shape index (κ3) is 6.07. The van der Waals surface area contributed by atoms with Gasteiger partial charge in [0.25, 0.3) is 10.1 Å². The monoisotopic (exact) mass is 561 g/mol. The summed E-state index contributed by atoms with van der Waals surface area (Å²) in [6.45, 7) is 3.17. The van der Waals surface area contributed by atoms with Crippen LogP contribution in [0.5, 0.6) is 5.75 Å². The first-order valence-corrected chi connectivity index (χ1v) is 14.0. The summed E-state index contributed by atoms with van der Waals surface area (Å²) in [5.74, 6) is -1.58. The van der Waals surface area contributed by atoms with E-state index in [-0.39, 0.29) is 27.9 Å². The van der Waals surface area contributed by atoms with Crippen molar-refractivity contribution >= 4 is 32.7 Å². The molecule has 1 aliphatic heterocycles. The second kappa shape index (κ2) is 11.3. The quantitative estimate of drug-likeness (QED) is 0.385. The highest BCUT2D eigenvalue weighted by molar-refractivity contribution is 7.85. The fourth-order valence-corrected chi connectivity index (χ4v) is 5.33. The van der Waals surface area contributed by atoms with Crippen molar-refractivity contribution in [2.75, 3.05) is 32.1 Å². The van der Waals surface area contributed by atoms with Crippen LogP contribution < -0.4 is 20.4 Å². The van der Waals surface area contributed by atoms with Crippen LogP contribution in [0.15, 0.2) is 46.2 Å². The molecule has 1 atom stereocenters. The zero-order valence-corrected chi connectivity index (χ0v) is 22.8. The molecule has 210 valence electrons. The van der Waals surface area contributed by atoms with E-state index in [9.17, 15) is 23.1 Å². The average molecular weight is 562 g/mol. The van der Waals surface area contributed by atoms with Crippen molar-refractivity contribution in [1.82, 2.24) is 9.88 Å². The van der Waals surface area contributed by atoms with Crippen LogP contribution in [0, 0.1) is 12.7 Å². The molecule has 12 heteroatoms. The smallest absolute Gasteiger partial charge is 0.341 e. The molecule has 1 unspecified atom stereocenters. The third-order valence-corrected chi connectivity index (χ3v) is 7.91. The van der Waals surface area contributed by atoms with Crippen LogP contribution in [0.4, 0.5) is 10.1 Å². The average Bonchev–Trinajstić information content (AvgIpc) is 3.74. The van der Waals surface area contributed by atoms with Crippen LogP contribution in [0.3, 0.4) is 0 Å². The van der Waals surface area contributed by atoms with Gasteiger partial charge in [-0.3, -0.25) is 9.35 Å². The second-order valence-corrected chi connectivity index (χ2v) is 11.2. The number of fused-ring (bicyclic) bond motifs is 1. The van der Waals surface area contributed by atoms with Gasteiger partial charge in [0, 0.05) is 31.4 Å². The summed E-state index contributed by atoms with van der Waals surface area (Å²) in [6, 6.07) is 7.50. The van der Waals surface area contributed by atoms with Crippen LogP contribution in [-0.4, -0.2) is 61.9 Å². The molecular formula is C27H32FN3O7S. The maximum absolute atomic E-state index is 15.2. The maximum Gasteiger partial charge on any atom is 0.341 e. The molecule has 1 aliphatic carbocycles. The molecule has 2 heterocycles. The van der Waals surface area contributed by atoms with Gasteiger partial charge in [-0.05, 0) is 57.9 Å². The summed E-state index contributed by atoms with van der Waals surface area (Å²) in [5.41, 5.74) is 0.740. The first kappa shape index (κ1) is 28.5. The SMILES string of the molecule is CNC1CCCN(c2c(F)cc3c(=O)c(C(=O)O)cn(C4CC4)c3c2OC)C1.Cc1ccc(S(=O)(=O)O)cc1. The molecule has 3 aromatic rings. The summed E-state index contributed by atoms with van der Waals surface area (Å²) in [6.07, 6.45) is 5.08. The van der Waals surface area contributed by atoms with E-state index < -0.39 is 27.3 Å². The Hall–Kier alpha value is -3.48. The number of carbonyl (C=O) groups is 1. The molecule has 1 aromatic heterocycles. The van der Waals surface area contributed by atoms with Gasteiger partial charge in [-0.25, -0.2) is 9.18 Å². The molecule has 0 spiro atoms. The summed E-state index contributed by atoms with van der Waals surface area (Å²) >= 11 is 0. The predicted octanol–water partition coefficient (Wildman–Crippen LogP) is 3.61. The standard InChI is InChI=1S/C20H24FN3O4.C7H8O3S/c1-22-11-4-3-7-23(9-11)17-15(21)8-13-16(19(17)28-2)24(12-5-6-12)10-14(18(13)25)20(26)27;1-6-2-4-7(5-3-6)11(8,9)10/h8,10-12,22H,3-7,9H2,1-2H3,(H,26,27);2-5H,1H3,(H,8,9,10). The zero-order chi connectivity index (χ0) is 28.5. The van der Waals surface area contributed by atoms with E-state index in [1.807, 2.05) is 18.9 Å². The number of aromatic carboxylic acids is 1. The van der Waals surface area contributed by atoms with E-state index in [0.717, 1.165) is 31.2 Å². The van der Waals surface area contributed by atoms with Gasteiger partial charge < -0.3 is 24.6 Å². The number of hydrogen-bond donors (Lipinski definition) is 3. The number of rotatable bonds is 6. The van der Waals surface area contributed by atoms with Gasteiger partial charge >= 0.3 is 5.97 Å². The molecular weight excluding hydrogens is 529 g/mol. The molecule has 0 bridgehead atoms. The number of ether oxygens (including phenoxy) is 1. The summed E-state index contributed by atoms with van der Waals surface area (Å²) in [4.78, 5) is 26.1. The van der Waals surface area contributed by atoms with E-state index in [0.29, 0.717) is 30.0 Å². The minimum absolute atomic E-state index is 0.0482. The fourth-order valence-electron chi connectivity index (χ4n) is 4.85. The largest absolute Gasteiger partial charge is 0.492 e. The Labute approximate surface area is 225 Å². The van der Waals surface area contributed by atoms with E-state index in [1.54, 1.807) is 16.7 Å². The van der Waals surface area contributed by atoms with Crippen molar-refractivity contribution in [2.24, 2.45) is 0 Å². The highest BCUT2D eigenvalue weighted by Crippen LogP contribution is 2.44. The van der Waals surface area contributed by atoms with Crippen LogP contribution in [-0.2, 0) is 10.1 Å². The molecule has 10 nitrogen and oxygen atoms in total. The van der Waals surface area contributed by atoms with Gasteiger partial charge in [-0.15, -0.1) is 0 Å². The zero-order valence-electron chi connectivity index (χ0n) is 22.0. The molecule has 3 N–H and O–H groups in total. The van der Waals surface area contributed by atoms with Crippen molar-refractivity contribution in [1.29, 1.82) is 0 Å². The number of benzene rings is 2. The molecule has 0 radical (unpaired) electrons. The number of nitrogens with one attached hydrogen (secondary N) is 1. The maximum atomic E-state index is 15.2. The number of carboxylic acids is 1. The Morgan fingerprint density at radius 2 is 1.85 bits per heavy atom. The topological polar surface area (TPSA) is 138 Å². The number of carboxylic acid groups (broad SMARTS) is 1. The van der Waals surface area contributed by atoms with Crippen LogP contribution in [0.25, 0.3) is 10.9 Å². The Bertz CT molecular complexity index is 1550. The molecule has 2 aromatic carbocycles. The van der Waals surface area contributed by atoms with Gasteiger partial charge in [0.15, 0.2) is 11.6 Å². The normalized spacial score (nSPS) is 17.5. The van der Waals surface area contributed by atoms with E-state index >= 15 is 4.39 Å². The number of piperidine rings is 1. The van der Waals surface area contributed by atoms with Gasteiger partial charge in [0.05, 0.1) is 22.9 Å². The lowest BCUT2D eigenvalue weighted by Gasteiger charge is -2.35. The van der Waals surface area contributed by atoms with Gasteiger partial charge in [-0.2, -0.15) is 8.42 Å². The Morgan fingerprint density at radius 3 is 2.38 bits per heavy atom. The first-order valence-electron chi connectivity index (χ1n) is 12.6. The van der Waals surface area contributed by atoms with E-state index in [1.165, 1.54) is 31.5 Å². The number of aryl methyl sites for hydroxylation is 1. The number of methoxy groups -OCH3 is 1. The third-order valence-electron chi connectivity index (χ3n) is 7.04. The molecule has 2 fully saturated rings. The Morgan fingerprint density at radius 1 is 1.18 bits per heavy atom. The van der Waals surface area contributed by atoms with Crippen molar-refractivity contribution in [3.05, 3.63) is 63.7 Å². The predicted molar refractivity (Wildman–Crippen MR) is 145 cm³/mol. The van der Waals surface area contributed by atoms with Crippen LogP contribution >= 0.6 is 0 Å². The van der Waals surface area contributed by atoms with Crippen LogP contribution in [0.2, 0.25) is 0 Å². The van der Waals surface area contributed by atoms with Crippen molar-refractivity contribution in [3.8, 4) is 5.75 Å². The van der Waals surface area contributed by atoms with Gasteiger partial charge in [0.1, 0.15) is 11.3 Å². The number of aromatic nitrogens is 1. The van der Waals surface area contributed by atoms with Crippen LogP contribution in [0.1, 0.15) is 47.6 Å². The Kier molecular flexibility index (Phi) is 8.28. The molecule has 2 aliphatic rings. The van der Waals surface area contributed by atoms with E-state index in [4.69, 9.17) is 9.29 Å². The highest BCUT2D eigenvalue weighted by Gasteiger charge is 2.32. The molecule has 5 rings (SSSR count). The number of halogens is 1. The van der Waals surface area contributed by atoms with Crippen molar-refractivity contribution < 1.29 is 32.0 Å². The van der Waals surface area contributed by atoms with Crippen molar-refractivity contribution in [3.63, 3.8) is 0 Å². The first-order chi connectivity index (χ1) is 18.5.